The second-order valence-corrected chi connectivity index (χ2v) is 8.10. The number of nitrogens with zero attached hydrogens (tertiary/aromatic N) is 3. The minimum Gasteiger partial charge on any atom is -0.493 e. The van der Waals surface area contributed by atoms with Crippen molar-refractivity contribution in [2.24, 2.45) is 0 Å². The number of thiocarbonyl (C=S) groups is 1. The summed E-state index contributed by atoms with van der Waals surface area (Å²) in [6, 6.07) is 3.88. The zero-order valence-electron chi connectivity index (χ0n) is 17.1. The molecule has 1 fully saturated rings. The van der Waals surface area contributed by atoms with Gasteiger partial charge in [0.25, 0.3) is 0 Å². The summed E-state index contributed by atoms with van der Waals surface area (Å²) >= 11 is 7.37. The van der Waals surface area contributed by atoms with Crippen molar-refractivity contribution in [2.45, 2.75) is 19.5 Å². The molecule has 2 heterocycles. The van der Waals surface area contributed by atoms with Crippen LogP contribution in [0, 0.1) is 0 Å². The molecule has 0 atom stereocenters. The lowest BCUT2D eigenvalue weighted by molar-refractivity contribution is 0.277. The molecule has 1 aromatic heterocycles. The molecule has 0 spiro atoms. The van der Waals surface area contributed by atoms with Crippen molar-refractivity contribution in [3.8, 4) is 17.2 Å². The van der Waals surface area contributed by atoms with Crippen molar-refractivity contribution in [3.05, 3.63) is 34.3 Å². The van der Waals surface area contributed by atoms with Crippen LogP contribution < -0.4 is 19.5 Å². The van der Waals surface area contributed by atoms with Crippen LogP contribution in [0.15, 0.2) is 23.7 Å². The maximum absolute atomic E-state index is 5.66. The van der Waals surface area contributed by atoms with E-state index in [9.17, 15) is 0 Å². The van der Waals surface area contributed by atoms with Crippen LogP contribution in [-0.4, -0.2) is 67.4 Å². The highest BCUT2D eigenvalue weighted by molar-refractivity contribution is 7.80. The summed E-state index contributed by atoms with van der Waals surface area (Å²) in [5.74, 6) is 1.87. The smallest absolute Gasteiger partial charge is 0.203 e. The molecule has 3 rings (SSSR count). The number of hydrogen-bond acceptors (Lipinski definition) is 7. The van der Waals surface area contributed by atoms with E-state index in [1.165, 1.54) is 5.01 Å². The highest BCUT2D eigenvalue weighted by atomic mass is 32.1. The lowest BCUT2D eigenvalue weighted by Crippen LogP contribution is -2.41. The van der Waals surface area contributed by atoms with Gasteiger partial charge in [-0.2, -0.15) is 0 Å². The van der Waals surface area contributed by atoms with Crippen molar-refractivity contribution >= 4 is 28.7 Å². The molecule has 1 N–H and O–H groups in total. The number of rotatable bonds is 7. The fraction of sp³-hybridized carbons (Fsp3) is 0.500. The van der Waals surface area contributed by atoms with Crippen molar-refractivity contribution < 1.29 is 14.2 Å². The van der Waals surface area contributed by atoms with Gasteiger partial charge in [0.05, 0.1) is 27.9 Å². The summed E-state index contributed by atoms with van der Waals surface area (Å²) in [5.41, 5.74) is 1.02. The van der Waals surface area contributed by atoms with Crippen LogP contribution in [0.5, 0.6) is 17.2 Å². The molecule has 7 nitrogen and oxygen atoms in total. The van der Waals surface area contributed by atoms with Crippen LogP contribution >= 0.6 is 23.6 Å². The van der Waals surface area contributed by atoms with E-state index in [-0.39, 0.29) is 0 Å². The molecule has 0 radical (unpaired) electrons. The van der Waals surface area contributed by atoms with Crippen LogP contribution in [-0.2, 0) is 13.1 Å². The molecule has 0 aliphatic carbocycles. The molecule has 158 valence electrons. The minimum absolute atomic E-state index is 0.592. The van der Waals surface area contributed by atoms with E-state index in [4.69, 9.17) is 26.4 Å². The van der Waals surface area contributed by atoms with Crippen molar-refractivity contribution in [1.29, 1.82) is 0 Å². The van der Waals surface area contributed by atoms with Crippen molar-refractivity contribution in [3.63, 3.8) is 0 Å². The third-order valence-electron chi connectivity index (χ3n) is 4.89. The molecule has 1 aromatic carbocycles. The second kappa shape index (κ2) is 10.6. The number of nitrogens with one attached hydrogen (secondary N) is 1. The van der Waals surface area contributed by atoms with E-state index in [0.29, 0.717) is 23.8 Å². The van der Waals surface area contributed by atoms with Crippen LogP contribution in [0.1, 0.15) is 17.0 Å². The first-order valence-corrected chi connectivity index (χ1v) is 10.9. The van der Waals surface area contributed by atoms with Gasteiger partial charge in [0.1, 0.15) is 5.01 Å². The summed E-state index contributed by atoms with van der Waals surface area (Å²) in [6.07, 6.45) is 2.95. The average Bonchev–Trinajstić information content (AvgIpc) is 3.14. The van der Waals surface area contributed by atoms with Crippen LogP contribution in [0.25, 0.3) is 0 Å². The van der Waals surface area contributed by atoms with Gasteiger partial charge in [0.2, 0.25) is 5.75 Å². The maximum atomic E-state index is 5.66. The predicted octanol–water partition coefficient (Wildman–Crippen LogP) is 2.75. The number of ether oxygens (including phenoxy) is 3. The Labute approximate surface area is 181 Å². The topological polar surface area (TPSA) is 59.1 Å². The van der Waals surface area contributed by atoms with Gasteiger partial charge in [-0.1, -0.05) is 0 Å². The van der Waals surface area contributed by atoms with Gasteiger partial charge in [-0.25, -0.2) is 4.98 Å². The van der Waals surface area contributed by atoms with Crippen molar-refractivity contribution in [1.82, 2.24) is 20.1 Å². The Bertz CT molecular complexity index is 776. The molecule has 0 bridgehead atoms. The predicted molar refractivity (Wildman–Crippen MR) is 119 cm³/mol. The Balaban J connectivity index is 1.55. The van der Waals surface area contributed by atoms with Gasteiger partial charge in [-0.15, -0.1) is 11.3 Å². The fourth-order valence-corrected chi connectivity index (χ4v) is 4.29. The molecule has 0 unspecified atom stereocenters. The van der Waals surface area contributed by atoms with E-state index in [2.05, 4.69) is 20.1 Å². The van der Waals surface area contributed by atoms with E-state index in [1.807, 2.05) is 23.7 Å². The Morgan fingerprint density at radius 2 is 1.86 bits per heavy atom. The third kappa shape index (κ3) is 5.71. The Morgan fingerprint density at radius 3 is 2.48 bits per heavy atom. The van der Waals surface area contributed by atoms with Gasteiger partial charge in [0, 0.05) is 44.3 Å². The summed E-state index contributed by atoms with van der Waals surface area (Å²) < 4.78 is 16.2. The molecule has 1 aliphatic heterocycles. The maximum Gasteiger partial charge on any atom is 0.203 e. The van der Waals surface area contributed by atoms with Gasteiger partial charge in [-0.05, 0) is 36.3 Å². The van der Waals surface area contributed by atoms with Gasteiger partial charge >= 0.3 is 0 Å². The Hall–Kier alpha value is -2.10. The summed E-state index contributed by atoms with van der Waals surface area (Å²) in [7, 11) is 4.84. The molecule has 1 saturated heterocycles. The number of aromatic nitrogens is 1. The molecule has 29 heavy (non-hydrogen) atoms. The normalized spacial score (nSPS) is 14.9. The molecule has 2 aromatic rings. The Morgan fingerprint density at radius 1 is 1.10 bits per heavy atom. The number of methoxy groups -OCH3 is 3. The van der Waals surface area contributed by atoms with Gasteiger partial charge in [0.15, 0.2) is 16.6 Å². The molecule has 0 amide bonds. The fourth-order valence-electron chi connectivity index (χ4n) is 3.38. The second-order valence-electron chi connectivity index (χ2n) is 6.73. The average molecular weight is 437 g/mol. The van der Waals surface area contributed by atoms with E-state index >= 15 is 0 Å². The van der Waals surface area contributed by atoms with Gasteiger partial charge in [-0.3, -0.25) is 4.90 Å². The molecular weight excluding hydrogens is 408 g/mol. The van der Waals surface area contributed by atoms with Gasteiger partial charge < -0.3 is 24.4 Å². The monoisotopic (exact) mass is 436 g/mol. The Kier molecular flexibility index (Phi) is 7.91. The SMILES string of the molecule is COc1cc(CNC(=S)N2CCCN(Cc3nccs3)CC2)cc(OC)c1OC. The van der Waals surface area contributed by atoms with Crippen LogP contribution in [0.4, 0.5) is 0 Å². The highest BCUT2D eigenvalue weighted by Gasteiger charge is 2.18. The van der Waals surface area contributed by atoms with E-state index in [1.54, 1.807) is 32.7 Å². The molecule has 9 heteroatoms. The number of benzene rings is 1. The first-order chi connectivity index (χ1) is 14.1. The summed E-state index contributed by atoms with van der Waals surface area (Å²) in [5, 5.41) is 7.34. The standard InChI is InChI=1S/C20H28N4O3S2/c1-25-16-11-15(12-17(26-2)19(16)27-3)13-22-20(28)24-7-4-6-23(8-9-24)14-18-21-5-10-29-18/h5,10-12H,4,6-9,13-14H2,1-3H3,(H,22,28). The third-order valence-corrected chi connectivity index (χ3v) is 6.05. The first-order valence-electron chi connectivity index (χ1n) is 9.57. The van der Waals surface area contributed by atoms with Crippen LogP contribution in [0.3, 0.4) is 0 Å². The van der Waals surface area contributed by atoms with E-state index in [0.717, 1.165) is 49.8 Å². The minimum atomic E-state index is 0.592. The molecule has 0 saturated carbocycles. The zero-order valence-corrected chi connectivity index (χ0v) is 18.8. The van der Waals surface area contributed by atoms with Crippen LogP contribution in [0.2, 0.25) is 0 Å². The summed E-state index contributed by atoms with van der Waals surface area (Å²) in [6.45, 7) is 5.41. The first kappa shape index (κ1) is 21.6. The number of thiazole rings is 1. The summed E-state index contributed by atoms with van der Waals surface area (Å²) in [4.78, 5) is 9.08. The van der Waals surface area contributed by atoms with Crippen molar-refractivity contribution in [2.75, 3.05) is 47.5 Å². The zero-order chi connectivity index (χ0) is 20.6. The van der Waals surface area contributed by atoms with E-state index < -0.39 is 0 Å². The largest absolute Gasteiger partial charge is 0.493 e. The number of hydrogen-bond donors (Lipinski definition) is 1. The molecule has 1 aliphatic rings. The lowest BCUT2D eigenvalue weighted by atomic mass is 10.2. The highest BCUT2D eigenvalue weighted by Crippen LogP contribution is 2.38. The molecular formula is C20H28N4O3S2. The lowest BCUT2D eigenvalue weighted by Gasteiger charge is -2.24. The quantitative estimate of drug-likeness (QED) is 0.665.